The van der Waals surface area contributed by atoms with Crippen molar-refractivity contribution >= 4 is 0 Å². The number of aromatic nitrogens is 2. The Hall–Kier alpha value is -1.74. The summed E-state index contributed by atoms with van der Waals surface area (Å²) in [6, 6.07) is 6.00. The number of nitrogens with two attached hydrogens (primary N) is 1. The molecule has 0 amide bonds. The predicted molar refractivity (Wildman–Crippen MR) is 63.8 cm³/mol. The van der Waals surface area contributed by atoms with Gasteiger partial charge in [0, 0.05) is 30.8 Å². The van der Waals surface area contributed by atoms with E-state index in [1.54, 1.807) is 18.6 Å². The first-order chi connectivity index (χ1) is 7.77. The quantitative estimate of drug-likeness (QED) is 0.848. The topological polar surface area (TPSA) is 51.8 Å². The molecule has 16 heavy (non-hydrogen) atoms. The molecular formula is C13H15N3. The van der Waals surface area contributed by atoms with E-state index in [4.69, 9.17) is 5.73 Å². The third kappa shape index (κ3) is 2.44. The average Bonchev–Trinajstić information content (AvgIpc) is 2.31. The van der Waals surface area contributed by atoms with Crippen LogP contribution in [-0.4, -0.2) is 9.97 Å². The minimum atomic E-state index is 0.0189. The summed E-state index contributed by atoms with van der Waals surface area (Å²) in [6.07, 6.45) is 8.05. The lowest BCUT2D eigenvalue weighted by Crippen LogP contribution is -2.14. The molecule has 0 radical (unpaired) electrons. The Morgan fingerprint density at radius 2 is 1.81 bits per heavy atom. The molecule has 2 N–H and O–H groups in total. The number of nitrogens with zero attached hydrogens (tertiary/aromatic N) is 2. The maximum Gasteiger partial charge on any atom is 0.0339 e. The van der Waals surface area contributed by atoms with Gasteiger partial charge in [-0.2, -0.15) is 0 Å². The van der Waals surface area contributed by atoms with E-state index in [1.165, 1.54) is 5.56 Å². The molecule has 2 aromatic heterocycles. The number of rotatable bonds is 3. The van der Waals surface area contributed by atoms with E-state index in [0.29, 0.717) is 0 Å². The fraction of sp³-hybridized carbons (Fsp3) is 0.231. The number of hydrogen-bond acceptors (Lipinski definition) is 3. The third-order valence-corrected chi connectivity index (χ3v) is 2.67. The Kier molecular flexibility index (Phi) is 3.27. The molecule has 1 atom stereocenters. The Morgan fingerprint density at radius 3 is 2.50 bits per heavy atom. The van der Waals surface area contributed by atoms with Crippen LogP contribution in [-0.2, 0) is 6.42 Å². The van der Waals surface area contributed by atoms with Crippen molar-refractivity contribution in [1.29, 1.82) is 0 Å². The van der Waals surface area contributed by atoms with Crippen LogP contribution in [0.3, 0.4) is 0 Å². The van der Waals surface area contributed by atoms with Crippen molar-refractivity contribution in [3.8, 4) is 0 Å². The van der Waals surface area contributed by atoms with Crippen molar-refractivity contribution < 1.29 is 0 Å². The van der Waals surface area contributed by atoms with Gasteiger partial charge in [0.15, 0.2) is 0 Å². The Morgan fingerprint density at radius 1 is 1.12 bits per heavy atom. The molecule has 0 saturated heterocycles. The van der Waals surface area contributed by atoms with E-state index in [-0.39, 0.29) is 6.04 Å². The first-order valence-electron chi connectivity index (χ1n) is 5.32. The highest BCUT2D eigenvalue weighted by atomic mass is 14.7. The molecule has 0 aliphatic carbocycles. The van der Waals surface area contributed by atoms with Gasteiger partial charge in [-0.05, 0) is 48.2 Å². The van der Waals surface area contributed by atoms with Crippen LogP contribution in [0.5, 0.6) is 0 Å². The molecule has 3 nitrogen and oxygen atoms in total. The smallest absolute Gasteiger partial charge is 0.0339 e. The summed E-state index contributed by atoms with van der Waals surface area (Å²) in [4.78, 5) is 8.06. The van der Waals surface area contributed by atoms with E-state index in [9.17, 15) is 0 Å². The first kappa shape index (κ1) is 10.8. The number of hydrogen-bond donors (Lipinski definition) is 1. The van der Waals surface area contributed by atoms with Crippen LogP contribution in [0.15, 0.2) is 43.0 Å². The van der Waals surface area contributed by atoms with Gasteiger partial charge in [0.05, 0.1) is 0 Å². The molecule has 82 valence electrons. The van der Waals surface area contributed by atoms with Gasteiger partial charge in [-0.25, -0.2) is 0 Å². The molecule has 1 unspecified atom stereocenters. The van der Waals surface area contributed by atoms with E-state index < -0.39 is 0 Å². The summed E-state index contributed by atoms with van der Waals surface area (Å²) in [5.41, 5.74) is 9.69. The fourth-order valence-electron chi connectivity index (χ4n) is 1.78. The summed E-state index contributed by atoms with van der Waals surface area (Å²) in [5, 5.41) is 0. The van der Waals surface area contributed by atoms with Gasteiger partial charge in [-0.15, -0.1) is 0 Å². The Labute approximate surface area is 95.4 Å². The van der Waals surface area contributed by atoms with Crippen molar-refractivity contribution in [3.05, 3.63) is 59.7 Å². The molecule has 2 rings (SSSR count). The lowest BCUT2D eigenvalue weighted by Gasteiger charge is -2.14. The molecule has 0 fully saturated rings. The number of aryl methyl sites for hydroxylation is 1. The van der Waals surface area contributed by atoms with Gasteiger partial charge >= 0.3 is 0 Å². The second-order valence-corrected chi connectivity index (χ2v) is 3.90. The maximum atomic E-state index is 6.18. The molecule has 0 aromatic carbocycles. The summed E-state index contributed by atoms with van der Waals surface area (Å²) in [6.45, 7) is 2.04. The van der Waals surface area contributed by atoms with Gasteiger partial charge in [0.2, 0.25) is 0 Å². The fourth-order valence-corrected chi connectivity index (χ4v) is 1.78. The molecule has 0 aliphatic heterocycles. The standard InChI is InChI=1S/C13H15N3/c1-10-9-16-7-4-12(10)13(14)8-11-2-5-15-6-3-11/h2-7,9,13H,8,14H2,1H3. The van der Waals surface area contributed by atoms with Crippen LogP contribution in [0.25, 0.3) is 0 Å². The third-order valence-electron chi connectivity index (χ3n) is 2.67. The van der Waals surface area contributed by atoms with Crippen LogP contribution in [0.2, 0.25) is 0 Å². The van der Waals surface area contributed by atoms with Crippen molar-refractivity contribution in [2.75, 3.05) is 0 Å². The minimum absolute atomic E-state index is 0.0189. The molecular weight excluding hydrogens is 198 g/mol. The van der Waals surface area contributed by atoms with Gasteiger partial charge in [0.1, 0.15) is 0 Å². The molecule has 2 aromatic rings. The second-order valence-electron chi connectivity index (χ2n) is 3.90. The van der Waals surface area contributed by atoms with Crippen LogP contribution in [0.4, 0.5) is 0 Å². The summed E-state index contributed by atoms with van der Waals surface area (Å²) in [7, 11) is 0. The van der Waals surface area contributed by atoms with Crippen molar-refractivity contribution in [1.82, 2.24) is 9.97 Å². The van der Waals surface area contributed by atoms with E-state index in [1.807, 2.05) is 31.3 Å². The Bertz CT molecular complexity index is 454. The maximum absolute atomic E-state index is 6.18. The summed E-state index contributed by atoms with van der Waals surface area (Å²) < 4.78 is 0. The van der Waals surface area contributed by atoms with Gasteiger partial charge in [-0.3, -0.25) is 9.97 Å². The summed E-state index contributed by atoms with van der Waals surface area (Å²) >= 11 is 0. The SMILES string of the molecule is Cc1cnccc1C(N)Cc1ccncc1. The van der Waals surface area contributed by atoms with Crippen LogP contribution in [0.1, 0.15) is 22.7 Å². The molecule has 0 spiro atoms. The van der Waals surface area contributed by atoms with Gasteiger partial charge in [0.25, 0.3) is 0 Å². The van der Waals surface area contributed by atoms with Crippen LogP contribution in [0, 0.1) is 6.92 Å². The number of pyridine rings is 2. The minimum Gasteiger partial charge on any atom is -0.324 e. The Balaban J connectivity index is 2.15. The lowest BCUT2D eigenvalue weighted by atomic mass is 9.98. The lowest BCUT2D eigenvalue weighted by molar-refractivity contribution is 0.714. The van der Waals surface area contributed by atoms with Crippen molar-refractivity contribution in [2.45, 2.75) is 19.4 Å². The normalized spacial score (nSPS) is 12.4. The van der Waals surface area contributed by atoms with E-state index in [0.717, 1.165) is 17.5 Å². The van der Waals surface area contributed by atoms with E-state index >= 15 is 0 Å². The zero-order valence-electron chi connectivity index (χ0n) is 9.30. The van der Waals surface area contributed by atoms with Crippen LogP contribution < -0.4 is 5.73 Å². The second kappa shape index (κ2) is 4.86. The molecule has 0 saturated carbocycles. The zero-order valence-corrected chi connectivity index (χ0v) is 9.30. The van der Waals surface area contributed by atoms with Gasteiger partial charge in [-0.1, -0.05) is 0 Å². The summed E-state index contributed by atoms with van der Waals surface area (Å²) in [5.74, 6) is 0. The molecule has 0 bridgehead atoms. The molecule has 0 aliphatic rings. The van der Waals surface area contributed by atoms with Crippen molar-refractivity contribution in [2.24, 2.45) is 5.73 Å². The van der Waals surface area contributed by atoms with E-state index in [2.05, 4.69) is 9.97 Å². The van der Waals surface area contributed by atoms with Crippen LogP contribution >= 0.6 is 0 Å². The predicted octanol–water partition coefficient (Wildman–Crippen LogP) is 2.03. The highest BCUT2D eigenvalue weighted by molar-refractivity contribution is 5.27. The van der Waals surface area contributed by atoms with Crippen molar-refractivity contribution in [3.63, 3.8) is 0 Å². The molecule has 3 heteroatoms. The largest absolute Gasteiger partial charge is 0.324 e. The zero-order chi connectivity index (χ0) is 11.4. The molecule has 2 heterocycles. The van der Waals surface area contributed by atoms with Gasteiger partial charge < -0.3 is 5.73 Å². The highest BCUT2D eigenvalue weighted by Gasteiger charge is 2.09. The first-order valence-corrected chi connectivity index (χ1v) is 5.32. The average molecular weight is 213 g/mol. The highest BCUT2D eigenvalue weighted by Crippen LogP contribution is 2.18. The monoisotopic (exact) mass is 213 g/mol.